The molecule has 120 valence electrons. The van der Waals surface area contributed by atoms with E-state index in [2.05, 4.69) is 39.8 Å². The summed E-state index contributed by atoms with van der Waals surface area (Å²) in [6.07, 6.45) is 0.936. The molecule has 2 aliphatic heterocycles. The van der Waals surface area contributed by atoms with Crippen LogP contribution in [-0.2, 0) is 9.53 Å². The first-order valence-corrected chi connectivity index (χ1v) is 8.05. The molecule has 4 nitrogen and oxygen atoms in total. The molecular formula is C18H25NO3. The Morgan fingerprint density at radius 2 is 1.77 bits per heavy atom. The Balaban J connectivity index is 2.08. The van der Waals surface area contributed by atoms with Gasteiger partial charge < -0.3 is 14.7 Å². The number of amides is 1. The second-order valence-corrected chi connectivity index (χ2v) is 7.39. The molecule has 0 radical (unpaired) electrons. The van der Waals surface area contributed by atoms with Crippen LogP contribution in [0.2, 0.25) is 0 Å². The Morgan fingerprint density at radius 1 is 1.23 bits per heavy atom. The van der Waals surface area contributed by atoms with Crippen LogP contribution < -0.4 is 0 Å². The standard InChI is InChI=1S/C18H25NO3/c1-11(2)14-5-13(6-15(12(3)4)16(14)21)17-18(8-22-9-18)7-19(17)10-20/h5-6,10-12,17,21H,7-9H2,1-4H3. The van der Waals surface area contributed by atoms with Crippen molar-refractivity contribution in [3.63, 3.8) is 0 Å². The third kappa shape index (κ3) is 2.12. The van der Waals surface area contributed by atoms with Gasteiger partial charge in [-0.1, -0.05) is 27.7 Å². The lowest BCUT2D eigenvalue weighted by molar-refractivity contribution is -0.223. The van der Waals surface area contributed by atoms with Gasteiger partial charge in [0.25, 0.3) is 0 Å². The topological polar surface area (TPSA) is 49.8 Å². The van der Waals surface area contributed by atoms with Crippen LogP contribution in [-0.4, -0.2) is 36.2 Å². The van der Waals surface area contributed by atoms with Gasteiger partial charge in [0.05, 0.1) is 24.7 Å². The Kier molecular flexibility index (Phi) is 3.68. The van der Waals surface area contributed by atoms with Crippen LogP contribution in [0.1, 0.15) is 62.3 Å². The molecule has 0 bridgehead atoms. The number of benzene rings is 1. The molecule has 2 saturated heterocycles. The minimum absolute atomic E-state index is 0.0781. The second-order valence-electron chi connectivity index (χ2n) is 7.39. The lowest BCUT2D eigenvalue weighted by Gasteiger charge is -2.60. The van der Waals surface area contributed by atoms with E-state index < -0.39 is 0 Å². The molecule has 0 aliphatic carbocycles. The molecule has 3 rings (SSSR count). The van der Waals surface area contributed by atoms with Crippen LogP contribution in [0.4, 0.5) is 0 Å². The van der Waals surface area contributed by atoms with E-state index >= 15 is 0 Å². The first-order valence-electron chi connectivity index (χ1n) is 8.05. The van der Waals surface area contributed by atoms with E-state index in [1.807, 2.05) is 4.90 Å². The van der Waals surface area contributed by atoms with Crippen molar-refractivity contribution in [2.75, 3.05) is 19.8 Å². The second kappa shape index (κ2) is 5.27. The molecule has 1 aromatic rings. The summed E-state index contributed by atoms with van der Waals surface area (Å²) in [6, 6.07) is 4.23. The quantitative estimate of drug-likeness (QED) is 0.869. The van der Waals surface area contributed by atoms with Crippen LogP contribution in [0.25, 0.3) is 0 Å². The van der Waals surface area contributed by atoms with Gasteiger partial charge in [0.2, 0.25) is 6.41 Å². The minimum Gasteiger partial charge on any atom is -0.507 e. The molecule has 1 amide bonds. The predicted molar refractivity (Wildman–Crippen MR) is 85.0 cm³/mol. The van der Waals surface area contributed by atoms with Gasteiger partial charge in [-0.2, -0.15) is 0 Å². The number of likely N-dealkylation sites (tertiary alicyclic amines) is 1. The van der Waals surface area contributed by atoms with Gasteiger partial charge in [0, 0.05) is 6.54 Å². The zero-order valence-electron chi connectivity index (χ0n) is 13.8. The van der Waals surface area contributed by atoms with E-state index in [-0.39, 0.29) is 23.3 Å². The number of hydrogen-bond donors (Lipinski definition) is 1. The predicted octanol–water partition coefficient (Wildman–Crippen LogP) is 3.17. The van der Waals surface area contributed by atoms with Crippen LogP contribution >= 0.6 is 0 Å². The van der Waals surface area contributed by atoms with E-state index in [1.54, 1.807) is 0 Å². The third-order valence-electron chi connectivity index (χ3n) is 5.07. The molecule has 1 unspecified atom stereocenters. The first kappa shape index (κ1) is 15.3. The molecule has 1 atom stereocenters. The number of hydrogen-bond acceptors (Lipinski definition) is 3. The Morgan fingerprint density at radius 3 is 2.14 bits per heavy atom. The maximum absolute atomic E-state index is 11.3. The van der Waals surface area contributed by atoms with Crippen molar-refractivity contribution in [3.8, 4) is 5.75 Å². The van der Waals surface area contributed by atoms with Crippen molar-refractivity contribution < 1.29 is 14.6 Å². The van der Waals surface area contributed by atoms with Gasteiger partial charge >= 0.3 is 0 Å². The zero-order valence-corrected chi connectivity index (χ0v) is 13.8. The molecule has 0 aromatic heterocycles. The van der Waals surface area contributed by atoms with Crippen LogP contribution in [0.5, 0.6) is 5.75 Å². The molecule has 2 aliphatic rings. The average molecular weight is 303 g/mol. The smallest absolute Gasteiger partial charge is 0.210 e. The van der Waals surface area contributed by atoms with Crippen LogP contribution in [0.3, 0.4) is 0 Å². The molecule has 1 spiro atoms. The number of nitrogens with zero attached hydrogens (tertiary/aromatic N) is 1. The maximum Gasteiger partial charge on any atom is 0.210 e. The SMILES string of the molecule is CC(C)c1cc(C2N(C=O)CC23COC3)cc(C(C)C)c1O. The lowest BCUT2D eigenvalue weighted by atomic mass is 9.67. The van der Waals surface area contributed by atoms with E-state index in [0.717, 1.165) is 42.9 Å². The third-order valence-corrected chi connectivity index (χ3v) is 5.07. The monoisotopic (exact) mass is 303 g/mol. The molecule has 2 heterocycles. The highest BCUT2D eigenvalue weighted by Crippen LogP contribution is 2.53. The first-order chi connectivity index (χ1) is 10.4. The number of carbonyl (C=O) groups excluding carboxylic acids is 1. The molecule has 0 saturated carbocycles. The van der Waals surface area contributed by atoms with Crippen molar-refractivity contribution in [2.45, 2.75) is 45.6 Å². The maximum atomic E-state index is 11.3. The Bertz CT molecular complexity index is 561. The summed E-state index contributed by atoms with van der Waals surface area (Å²) in [7, 11) is 0. The molecule has 4 heteroatoms. The van der Waals surface area contributed by atoms with E-state index in [4.69, 9.17) is 4.74 Å². The van der Waals surface area contributed by atoms with Crippen LogP contribution in [0, 0.1) is 5.41 Å². The molecular weight excluding hydrogens is 278 g/mol. The Labute approximate surface area is 132 Å². The number of phenols is 1. The van der Waals surface area contributed by atoms with E-state index in [0.29, 0.717) is 5.75 Å². The largest absolute Gasteiger partial charge is 0.507 e. The number of carbonyl (C=O) groups is 1. The number of phenolic OH excluding ortho intramolecular Hbond substituents is 1. The van der Waals surface area contributed by atoms with Gasteiger partial charge in [-0.05, 0) is 40.7 Å². The van der Waals surface area contributed by atoms with E-state index in [9.17, 15) is 9.90 Å². The highest BCUT2D eigenvalue weighted by Gasteiger charge is 2.57. The highest BCUT2D eigenvalue weighted by atomic mass is 16.5. The van der Waals surface area contributed by atoms with Gasteiger partial charge in [-0.3, -0.25) is 4.79 Å². The molecule has 1 aromatic carbocycles. The van der Waals surface area contributed by atoms with Gasteiger partial charge in [-0.15, -0.1) is 0 Å². The van der Waals surface area contributed by atoms with Crippen molar-refractivity contribution >= 4 is 6.41 Å². The van der Waals surface area contributed by atoms with Crippen LogP contribution in [0.15, 0.2) is 12.1 Å². The number of ether oxygens (including phenoxy) is 1. The highest BCUT2D eigenvalue weighted by molar-refractivity contribution is 5.55. The Hall–Kier alpha value is -1.55. The summed E-state index contributed by atoms with van der Waals surface area (Å²) in [5, 5.41) is 10.5. The normalized spacial score (nSPS) is 22.8. The summed E-state index contributed by atoms with van der Waals surface area (Å²) >= 11 is 0. The van der Waals surface area contributed by atoms with Crippen molar-refractivity contribution in [1.29, 1.82) is 0 Å². The van der Waals surface area contributed by atoms with Crippen molar-refractivity contribution in [2.24, 2.45) is 5.41 Å². The fourth-order valence-electron chi connectivity index (χ4n) is 3.78. The van der Waals surface area contributed by atoms with Crippen molar-refractivity contribution in [3.05, 3.63) is 28.8 Å². The zero-order chi connectivity index (χ0) is 16.1. The summed E-state index contributed by atoms with van der Waals surface area (Å²) < 4.78 is 5.41. The fraction of sp³-hybridized carbons (Fsp3) is 0.611. The summed E-state index contributed by atoms with van der Waals surface area (Å²) in [4.78, 5) is 13.2. The molecule has 22 heavy (non-hydrogen) atoms. The van der Waals surface area contributed by atoms with Gasteiger partial charge in [0.15, 0.2) is 0 Å². The lowest BCUT2D eigenvalue weighted by Crippen LogP contribution is -2.67. The summed E-state index contributed by atoms with van der Waals surface area (Å²) in [5.41, 5.74) is 3.15. The summed E-state index contributed by atoms with van der Waals surface area (Å²) in [6.45, 7) is 10.6. The fourth-order valence-corrected chi connectivity index (χ4v) is 3.78. The summed E-state index contributed by atoms with van der Waals surface area (Å²) in [5.74, 6) is 0.899. The number of rotatable bonds is 4. The number of aromatic hydroxyl groups is 1. The molecule has 2 fully saturated rings. The van der Waals surface area contributed by atoms with Crippen molar-refractivity contribution in [1.82, 2.24) is 4.90 Å². The van der Waals surface area contributed by atoms with Gasteiger partial charge in [0.1, 0.15) is 5.75 Å². The molecule has 1 N–H and O–H groups in total. The van der Waals surface area contributed by atoms with Gasteiger partial charge in [-0.25, -0.2) is 0 Å². The van der Waals surface area contributed by atoms with E-state index in [1.165, 1.54) is 0 Å². The average Bonchev–Trinajstić information content (AvgIpc) is 2.37. The minimum atomic E-state index is 0.0781.